The van der Waals surface area contributed by atoms with E-state index >= 15 is 0 Å². The molecule has 0 saturated carbocycles. The van der Waals surface area contributed by atoms with Crippen LogP contribution in [0.3, 0.4) is 0 Å². The molecule has 0 spiro atoms. The highest BCUT2D eigenvalue weighted by Gasteiger charge is 2.47. The van der Waals surface area contributed by atoms with Crippen molar-refractivity contribution in [2.24, 2.45) is 0 Å². The number of alkyl halides is 6. The fourth-order valence-corrected chi connectivity index (χ4v) is 5.99. The molecule has 1 heterocycles. The van der Waals surface area contributed by atoms with Crippen molar-refractivity contribution >= 4 is 41.4 Å². The molecule has 0 unspecified atom stereocenters. The van der Waals surface area contributed by atoms with E-state index in [-0.39, 0.29) is 18.3 Å². The van der Waals surface area contributed by atoms with Crippen molar-refractivity contribution in [1.82, 2.24) is 4.98 Å². The molecule has 0 aliphatic heterocycles. The summed E-state index contributed by atoms with van der Waals surface area (Å²) in [7, 11) is -15.4. The molecule has 3 rings (SSSR count). The van der Waals surface area contributed by atoms with Crippen LogP contribution in [-0.4, -0.2) is 47.4 Å². The van der Waals surface area contributed by atoms with E-state index in [2.05, 4.69) is 4.98 Å². The number of sulfone groups is 2. The molecule has 19 heteroatoms. The second kappa shape index (κ2) is 11.2. The first kappa shape index (κ1) is 32.8. The van der Waals surface area contributed by atoms with E-state index in [4.69, 9.17) is 4.18 Å². The molecule has 0 atom stereocenters. The molecule has 42 heavy (non-hydrogen) atoms. The van der Waals surface area contributed by atoms with Gasteiger partial charge in [-0.1, -0.05) is 24.6 Å². The minimum Gasteiger partial charge on any atom is -0.377 e. The number of aromatic nitrogens is 1. The topological polar surface area (TPSA) is 154 Å². The quantitative estimate of drug-likeness (QED) is 0.272. The third-order valence-corrected chi connectivity index (χ3v) is 9.91. The lowest BCUT2D eigenvalue weighted by molar-refractivity contribution is -0.138. The van der Waals surface area contributed by atoms with E-state index in [1.807, 2.05) is 0 Å². The molecule has 3 aromatic rings. The average Bonchev–Trinajstić information content (AvgIpc) is 2.88. The fourth-order valence-electron chi connectivity index (χ4n) is 3.20. The van der Waals surface area contributed by atoms with Crippen molar-refractivity contribution in [2.45, 2.75) is 40.2 Å². The lowest BCUT2D eigenvalue weighted by Gasteiger charge is -2.16. The van der Waals surface area contributed by atoms with E-state index in [9.17, 15) is 56.4 Å². The number of aryl methyl sites for hydroxylation is 1. The normalized spacial score (nSPS) is 13.0. The van der Waals surface area contributed by atoms with Gasteiger partial charge in [-0.15, -0.1) is 0 Å². The second-order valence-corrected chi connectivity index (χ2v) is 14.1. The second-order valence-electron chi connectivity index (χ2n) is 8.38. The van der Waals surface area contributed by atoms with Gasteiger partial charge in [0.2, 0.25) is 0 Å². The van der Waals surface area contributed by atoms with Gasteiger partial charge in [0.05, 0.1) is 26.8 Å². The Balaban J connectivity index is 2.19. The summed E-state index contributed by atoms with van der Waals surface area (Å²) in [5.74, 6) is -3.36. The number of amides is 1. The highest BCUT2D eigenvalue weighted by Crippen LogP contribution is 2.37. The van der Waals surface area contributed by atoms with Gasteiger partial charge in [-0.2, -0.15) is 34.8 Å². The van der Waals surface area contributed by atoms with Gasteiger partial charge in [0.25, 0.3) is 15.7 Å². The van der Waals surface area contributed by atoms with E-state index in [1.54, 1.807) is 12.2 Å². The number of carbonyl (C=O) groups is 1. The van der Waals surface area contributed by atoms with Gasteiger partial charge in [-0.05, 0) is 43.3 Å². The van der Waals surface area contributed by atoms with Gasteiger partial charge in [0.1, 0.15) is 10.6 Å². The predicted molar refractivity (Wildman–Crippen MR) is 134 cm³/mol. The molecule has 228 valence electrons. The van der Waals surface area contributed by atoms with Crippen LogP contribution < -0.4 is 9.50 Å². The van der Waals surface area contributed by atoms with Crippen LogP contribution >= 0.6 is 0 Å². The Labute approximate surface area is 235 Å². The monoisotopic (exact) mass is 660 g/mol. The maximum absolute atomic E-state index is 13.2. The number of benzene rings is 2. The SMILES string of the molecule is CCS(=O)(=O)c1cc(C(F)(F)F)cnc1C(=O)Nc1cc(S(=O)(=O)C(F)(F)F)ccc1OS(=O)(=O)c1ccc(C)cc1. The van der Waals surface area contributed by atoms with Crippen molar-refractivity contribution < 1.29 is 60.6 Å². The Kier molecular flexibility index (Phi) is 8.73. The molecule has 10 nitrogen and oxygen atoms in total. The Hall–Kier alpha value is -3.71. The standard InChI is InChI=1S/C23H18F6N2O8S3/c1-3-40(33,34)19-10-14(22(24,25)26)12-30-20(19)21(32)31-17-11-16(41(35,36)23(27,28)29)8-9-18(17)39-42(37,38)15-6-4-13(2)5-7-15/h4-12H,3H2,1-2H3,(H,31,32). The summed E-state index contributed by atoms with van der Waals surface area (Å²) in [4.78, 5) is 13.2. The van der Waals surface area contributed by atoms with E-state index in [0.717, 1.165) is 19.1 Å². The Morgan fingerprint density at radius 1 is 0.881 bits per heavy atom. The third-order valence-electron chi connectivity index (χ3n) is 5.43. The van der Waals surface area contributed by atoms with Crippen molar-refractivity contribution in [3.63, 3.8) is 0 Å². The molecule has 0 fully saturated rings. The summed E-state index contributed by atoms with van der Waals surface area (Å²) >= 11 is 0. The molecule has 0 radical (unpaired) electrons. The number of rotatable bonds is 8. The van der Waals surface area contributed by atoms with Crippen LogP contribution in [0, 0.1) is 6.92 Å². The highest BCUT2D eigenvalue weighted by molar-refractivity contribution is 7.92. The van der Waals surface area contributed by atoms with Gasteiger partial charge in [0.15, 0.2) is 15.6 Å². The lowest BCUT2D eigenvalue weighted by Crippen LogP contribution is -2.24. The number of hydrogen-bond acceptors (Lipinski definition) is 9. The molecule has 2 aromatic carbocycles. The van der Waals surface area contributed by atoms with Crippen LogP contribution in [0.2, 0.25) is 0 Å². The van der Waals surface area contributed by atoms with Crippen molar-refractivity contribution in [3.05, 3.63) is 71.5 Å². The maximum atomic E-state index is 13.2. The summed E-state index contributed by atoms with van der Waals surface area (Å²) in [6.45, 7) is 2.68. The van der Waals surface area contributed by atoms with Gasteiger partial charge >= 0.3 is 21.8 Å². The van der Waals surface area contributed by atoms with Crippen molar-refractivity contribution in [2.75, 3.05) is 11.1 Å². The molecular weight excluding hydrogens is 642 g/mol. The van der Waals surface area contributed by atoms with E-state index in [0.29, 0.717) is 17.7 Å². The number of carbonyl (C=O) groups excluding carboxylic acids is 1. The maximum Gasteiger partial charge on any atom is 0.501 e. The lowest BCUT2D eigenvalue weighted by atomic mass is 10.2. The Bertz CT molecular complexity index is 1860. The molecule has 1 N–H and O–H groups in total. The van der Waals surface area contributed by atoms with Crippen LogP contribution in [0.15, 0.2) is 69.4 Å². The minimum absolute atomic E-state index is 0.116. The first-order valence-corrected chi connectivity index (χ1v) is 15.7. The minimum atomic E-state index is -6.07. The summed E-state index contributed by atoms with van der Waals surface area (Å²) in [5.41, 5.74) is -8.91. The van der Waals surface area contributed by atoms with Crippen LogP contribution in [0.1, 0.15) is 28.5 Å². The third kappa shape index (κ3) is 6.84. The zero-order chi connectivity index (χ0) is 31.9. The van der Waals surface area contributed by atoms with Crippen LogP contribution in [0.5, 0.6) is 5.75 Å². The van der Waals surface area contributed by atoms with Crippen molar-refractivity contribution in [3.8, 4) is 5.75 Å². The van der Waals surface area contributed by atoms with Crippen LogP contribution in [0.25, 0.3) is 0 Å². The van der Waals surface area contributed by atoms with Crippen LogP contribution in [0.4, 0.5) is 32.0 Å². The number of halogens is 6. The van der Waals surface area contributed by atoms with Crippen molar-refractivity contribution in [1.29, 1.82) is 0 Å². The first-order chi connectivity index (χ1) is 19.1. The molecular formula is C23H18F6N2O8S3. The Morgan fingerprint density at radius 2 is 1.45 bits per heavy atom. The van der Waals surface area contributed by atoms with Gasteiger partial charge in [0, 0.05) is 6.20 Å². The number of pyridine rings is 1. The Morgan fingerprint density at radius 3 is 1.98 bits per heavy atom. The summed E-state index contributed by atoms with van der Waals surface area (Å²) in [6, 6.07) is 6.08. The average molecular weight is 661 g/mol. The summed E-state index contributed by atoms with van der Waals surface area (Å²) in [6.07, 6.45) is -4.96. The summed E-state index contributed by atoms with van der Waals surface area (Å²) in [5, 5.41) is 1.80. The van der Waals surface area contributed by atoms with Crippen LogP contribution in [-0.2, 0) is 36.0 Å². The zero-order valence-electron chi connectivity index (χ0n) is 21.1. The van der Waals surface area contributed by atoms with Gasteiger partial charge in [-0.3, -0.25) is 4.79 Å². The van der Waals surface area contributed by atoms with E-state index < -0.39 is 90.5 Å². The number of anilines is 1. The first-order valence-electron chi connectivity index (χ1n) is 11.2. The zero-order valence-corrected chi connectivity index (χ0v) is 23.6. The molecule has 0 saturated heterocycles. The van der Waals surface area contributed by atoms with Gasteiger partial charge < -0.3 is 9.50 Å². The number of nitrogens with one attached hydrogen (secondary N) is 1. The largest absolute Gasteiger partial charge is 0.501 e. The van der Waals surface area contributed by atoms with Gasteiger partial charge in [-0.25, -0.2) is 21.8 Å². The number of nitrogens with zero attached hydrogens (tertiary/aromatic N) is 1. The fraction of sp³-hybridized carbons (Fsp3) is 0.217. The number of hydrogen-bond donors (Lipinski definition) is 1. The predicted octanol–water partition coefficient (Wildman–Crippen LogP) is 4.52. The highest BCUT2D eigenvalue weighted by atomic mass is 32.2. The molecule has 0 bridgehead atoms. The summed E-state index contributed by atoms with van der Waals surface area (Å²) < 4.78 is 159. The smallest absolute Gasteiger partial charge is 0.377 e. The molecule has 1 amide bonds. The molecule has 0 aliphatic carbocycles. The molecule has 0 aliphatic rings. The van der Waals surface area contributed by atoms with E-state index in [1.165, 1.54) is 12.1 Å². The molecule has 1 aromatic heterocycles.